The first kappa shape index (κ1) is 19.1. The Morgan fingerprint density at radius 3 is 1.25 bits per heavy atom. The second-order valence-corrected chi connectivity index (χ2v) is 3.46. The molecule has 0 rings (SSSR count). The van der Waals surface area contributed by atoms with Crippen LogP contribution in [0, 0.1) is 0 Å². The van der Waals surface area contributed by atoms with Crippen LogP contribution in [0.1, 0.15) is 0 Å². The molecule has 0 aliphatic heterocycles. The van der Waals surface area contributed by atoms with E-state index >= 15 is 0 Å². The molecule has 0 amide bonds. The SMILES string of the molecule is FC(F)(F)COCC(F)(F)C(F)(F)C(F)(F)C(F)(F)F. The van der Waals surface area contributed by atoms with E-state index in [9.17, 15) is 52.7 Å². The number of alkyl halides is 12. The standard InChI is InChI=1S/C7H4F12O/c8-3(9,1-20-2-4(10,11)12)5(13,14)6(15,16)7(17,18)19/h1-2H2. The number of hydrogen-bond donors (Lipinski definition) is 0. The lowest BCUT2D eigenvalue weighted by molar-refractivity contribution is -0.400. The van der Waals surface area contributed by atoms with Crippen molar-refractivity contribution in [3.63, 3.8) is 0 Å². The Morgan fingerprint density at radius 2 is 0.950 bits per heavy atom. The molecular weight excluding hydrogens is 328 g/mol. The van der Waals surface area contributed by atoms with Gasteiger partial charge in [0.2, 0.25) is 0 Å². The first-order valence-electron chi connectivity index (χ1n) is 4.30. The number of halogens is 12. The molecule has 0 aromatic heterocycles. The van der Waals surface area contributed by atoms with Gasteiger partial charge in [0.1, 0.15) is 13.2 Å². The van der Waals surface area contributed by atoms with E-state index in [0.717, 1.165) is 0 Å². The highest BCUT2D eigenvalue weighted by atomic mass is 19.4. The van der Waals surface area contributed by atoms with E-state index in [1.165, 1.54) is 0 Å². The van der Waals surface area contributed by atoms with Crippen molar-refractivity contribution < 1.29 is 57.4 Å². The number of hydrogen-bond acceptors (Lipinski definition) is 1. The van der Waals surface area contributed by atoms with Crippen LogP contribution < -0.4 is 0 Å². The Kier molecular flexibility index (Phi) is 4.92. The topological polar surface area (TPSA) is 9.23 Å². The van der Waals surface area contributed by atoms with Gasteiger partial charge >= 0.3 is 30.1 Å². The van der Waals surface area contributed by atoms with Crippen molar-refractivity contribution in [2.75, 3.05) is 13.2 Å². The van der Waals surface area contributed by atoms with E-state index in [1.807, 2.05) is 0 Å². The fraction of sp³-hybridized carbons (Fsp3) is 1.00. The minimum Gasteiger partial charge on any atom is -0.366 e. The van der Waals surface area contributed by atoms with Crippen molar-refractivity contribution in [2.45, 2.75) is 30.1 Å². The molecule has 0 aromatic carbocycles. The zero-order valence-electron chi connectivity index (χ0n) is 8.86. The number of ether oxygens (including phenoxy) is 1. The van der Waals surface area contributed by atoms with Gasteiger partial charge < -0.3 is 4.74 Å². The molecule has 0 N–H and O–H groups in total. The molecule has 13 heteroatoms. The molecule has 1 nitrogen and oxygen atoms in total. The third kappa shape index (κ3) is 3.82. The van der Waals surface area contributed by atoms with E-state index in [1.54, 1.807) is 0 Å². The quantitative estimate of drug-likeness (QED) is 0.691. The average molecular weight is 332 g/mol. The lowest BCUT2D eigenvalue weighted by Crippen LogP contribution is -2.62. The van der Waals surface area contributed by atoms with Gasteiger partial charge in [0.15, 0.2) is 0 Å². The average Bonchev–Trinajstić information content (AvgIpc) is 2.12. The highest BCUT2D eigenvalue weighted by Gasteiger charge is 2.81. The molecule has 0 atom stereocenters. The van der Waals surface area contributed by atoms with Gasteiger partial charge in [-0.05, 0) is 0 Å². The Balaban J connectivity index is 5.08. The van der Waals surface area contributed by atoms with E-state index in [0.29, 0.717) is 0 Å². The molecule has 0 saturated heterocycles. The van der Waals surface area contributed by atoms with Gasteiger partial charge in [-0.2, -0.15) is 52.7 Å². The summed E-state index contributed by atoms with van der Waals surface area (Å²) in [6, 6.07) is 0. The molecule has 0 aliphatic carbocycles. The third-order valence-corrected chi connectivity index (χ3v) is 1.76. The molecule has 0 saturated carbocycles. The van der Waals surface area contributed by atoms with Crippen molar-refractivity contribution in [2.24, 2.45) is 0 Å². The molecule has 0 unspecified atom stereocenters. The molecule has 0 aliphatic rings. The fourth-order valence-corrected chi connectivity index (χ4v) is 0.793. The number of rotatable bonds is 5. The third-order valence-electron chi connectivity index (χ3n) is 1.76. The van der Waals surface area contributed by atoms with Gasteiger partial charge in [-0.15, -0.1) is 0 Å². The van der Waals surface area contributed by atoms with E-state index in [4.69, 9.17) is 0 Å². The lowest BCUT2D eigenvalue weighted by Gasteiger charge is -2.33. The second kappa shape index (κ2) is 5.15. The maximum atomic E-state index is 12.6. The van der Waals surface area contributed by atoms with Crippen molar-refractivity contribution in [3.05, 3.63) is 0 Å². The van der Waals surface area contributed by atoms with Gasteiger partial charge in [0.05, 0.1) is 0 Å². The van der Waals surface area contributed by atoms with Crippen LogP contribution in [0.3, 0.4) is 0 Å². The molecular formula is C7H4F12O. The minimum absolute atomic E-state index is 2.52. The summed E-state index contributed by atoms with van der Waals surface area (Å²) in [4.78, 5) is 0. The fourth-order valence-electron chi connectivity index (χ4n) is 0.793. The maximum Gasteiger partial charge on any atom is 0.460 e. The van der Waals surface area contributed by atoms with Gasteiger partial charge in [-0.1, -0.05) is 0 Å². The Labute approximate surface area is 102 Å². The summed E-state index contributed by atoms with van der Waals surface area (Å²) >= 11 is 0. The second-order valence-electron chi connectivity index (χ2n) is 3.46. The van der Waals surface area contributed by atoms with Crippen LogP contribution in [0.5, 0.6) is 0 Å². The highest BCUT2D eigenvalue weighted by Crippen LogP contribution is 2.53. The smallest absolute Gasteiger partial charge is 0.366 e. The summed E-state index contributed by atoms with van der Waals surface area (Å²) in [7, 11) is 0. The zero-order chi connectivity index (χ0) is 16.6. The van der Waals surface area contributed by atoms with Crippen LogP contribution >= 0.6 is 0 Å². The Bertz CT molecular complexity index is 326. The molecule has 0 fully saturated rings. The minimum atomic E-state index is -7.15. The molecule has 0 aromatic rings. The van der Waals surface area contributed by atoms with Crippen molar-refractivity contribution in [1.29, 1.82) is 0 Å². The lowest BCUT2D eigenvalue weighted by atomic mass is 10.0. The molecule has 20 heavy (non-hydrogen) atoms. The van der Waals surface area contributed by atoms with Gasteiger partial charge in [0.25, 0.3) is 0 Å². The Hall–Kier alpha value is -0.880. The maximum absolute atomic E-state index is 12.6. The predicted molar refractivity (Wildman–Crippen MR) is 37.8 cm³/mol. The van der Waals surface area contributed by atoms with Crippen LogP contribution in [-0.2, 0) is 4.74 Å². The van der Waals surface area contributed by atoms with E-state index in [-0.39, 0.29) is 0 Å². The van der Waals surface area contributed by atoms with E-state index < -0.39 is 43.3 Å². The van der Waals surface area contributed by atoms with Crippen LogP contribution in [0.15, 0.2) is 0 Å². The summed E-state index contributed by atoms with van der Waals surface area (Å²) in [6.45, 7) is -5.48. The van der Waals surface area contributed by atoms with E-state index in [2.05, 4.69) is 4.74 Å². The van der Waals surface area contributed by atoms with Crippen molar-refractivity contribution in [3.8, 4) is 0 Å². The normalized spacial score (nSPS) is 15.6. The first-order valence-corrected chi connectivity index (χ1v) is 4.30. The molecule has 0 heterocycles. The summed E-state index contributed by atoms with van der Waals surface area (Å²) in [5, 5.41) is 0. The van der Waals surface area contributed by atoms with Crippen LogP contribution in [0.25, 0.3) is 0 Å². The van der Waals surface area contributed by atoms with Crippen molar-refractivity contribution >= 4 is 0 Å². The van der Waals surface area contributed by atoms with Crippen molar-refractivity contribution in [1.82, 2.24) is 0 Å². The summed E-state index contributed by atoms with van der Waals surface area (Å²) in [5.41, 5.74) is 0. The highest BCUT2D eigenvalue weighted by molar-refractivity contribution is 5.00. The molecule has 0 bridgehead atoms. The first-order chi connectivity index (χ1) is 8.46. The zero-order valence-corrected chi connectivity index (χ0v) is 8.86. The van der Waals surface area contributed by atoms with Gasteiger partial charge in [0, 0.05) is 0 Å². The predicted octanol–water partition coefficient (Wildman–Crippen LogP) is 4.03. The van der Waals surface area contributed by atoms with Gasteiger partial charge in [-0.25, -0.2) is 0 Å². The largest absolute Gasteiger partial charge is 0.460 e. The van der Waals surface area contributed by atoms with Gasteiger partial charge in [-0.3, -0.25) is 0 Å². The summed E-state index contributed by atoms with van der Waals surface area (Å²) in [6.07, 6.45) is -12.3. The molecule has 122 valence electrons. The molecule has 0 radical (unpaired) electrons. The monoisotopic (exact) mass is 332 g/mol. The molecule has 0 spiro atoms. The van der Waals surface area contributed by atoms with Crippen LogP contribution in [-0.4, -0.2) is 43.3 Å². The van der Waals surface area contributed by atoms with Crippen LogP contribution in [0.2, 0.25) is 0 Å². The summed E-state index contributed by atoms with van der Waals surface area (Å²) < 4.78 is 147. The van der Waals surface area contributed by atoms with Crippen LogP contribution in [0.4, 0.5) is 52.7 Å². The Morgan fingerprint density at radius 1 is 0.550 bits per heavy atom. The summed E-state index contributed by atoms with van der Waals surface area (Å²) in [5.74, 6) is -20.3.